The van der Waals surface area contributed by atoms with E-state index in [1.54, 1.807) is 0 Å². The van der Waals surface area contributed by atoms with Crippen molar-refractivity contribution in [2.24, 2.45) is 0 Å². The molecule has 102 valence electrons. The molecule has 0 amide bonds. The Bertz CT molecular complexity index is 658. The highest BCUT2D eigenvalue weighted by atomic mass is 32.2. The summed E-state index contributed by atoms with van der Waals surface area (Å²) in [4.78, 5) is 11.0. The second-order valence-corrected chi connectivity index (χ2v) is 7.21. The van der Waals surface area contributed by atoms with Crippen molar-refractivity contribution in [3.8, 4) is 0 Å². The van der Waals surface area contributed by atoms with E-state index in [2.05, 4.69) is 5.32 Å². The standard InChI is InChI=1S/C12H12FNO4S/c13-7-1-2-8-6(3-7)4-10-11(8)14-9(12(15)16)5-19(10,17)18/h1-3,9-11,14H,4-5H2,(H,15,16). The predicted octanol–water partition coefficient (Wildman–Crippen LogP) is 0.263. The number of carboxylic acids is 1. The zero-order chi connectivity index (χ0) is 13.8. The first kappa shape index (κ1) is 12.6. The third-order valence-electron chi connectivity index (χ3n) is 3.77. The number of carbonyl (C=O) groups is 1. The van der Waals surface area contributed by atoms with Crippen molar-refractivity contribution in [2.45, 2.75) is 23.8 Å². The number of aliphatic carboxylic acids is 1. The van der Waals surface area contributed by atoms with Gasteiger partial charge in [0.2, 0.25) is 0 Å². The van der Waals surface area contributed by atoms with Crippen molar-refractivity contribution in [3.05, 3.63) is 35.1 Å². The molecule has 0 radical (unpaired) electrons. The summed E-state index contributed by atoms with van der Waals surface area (Å²) < 4.78 is 37.4. The molecule has 3 unspecified atom stereocenters. The van der Waals surface area contributed by atoms with Crippen LogP contribution in [0.3, 0.4) is 0 Å². The summed E-state index contributed by atoms with van der Waals surface area (Å²) >= 11 is 0. The van der Waals surface area contributed by atoms with Gasteiger partial charge in [-0.25, -0.2) is 12.8 Å². The molecule has 3 rings (SSSR count). The van der Waals surface area contributed by atoms with E-state index >= 15 is 0 Å². The Hall–Kier alpha value is -1.47. The lowest BCUT2D eigenvalue weighted by Gasteiger charge is -2.31. The van der Waals surface area contributed by atoms with Gasteiger partial charge in [0.15, 0.2) is 9.84 Å². The minimum Gasteiger partial charge on any atom is -0.480 e. The fraction of sp³-hybridized carbons (Fsp3) is 0.417. The molecule has 1 aromatic carbocycles. The van der Waals surface area contributed by atoms with Crippen LogP contribution < -0.4 is 5.32 Å². The number of carboxylic acid groups (broad SMARTS) is 1. The maximum Gasteiger partial charge on any atom is 0.321 e. The van der Waals surface area contributed by atoms with Gasteiger partial charge in [-0.2, -0.15) is 0 Å². The van der Waals surface area contributed by atoms with Crippen LogP contribution in [-0.2, 0) is 21.1 Å². The molecule has 1 aromatic rings. The average molecular weight is 285 g/mol. The van der Waals surface area contributed by atoms with Crippen molar-refractivity contribution in [3.63, 3.8) is 0 Å². The first-order valence-electron chi connectivity index (χ1n) is 5.87. The molecule has 1 heterocycles. The van der Waals surface area contributed by atoms with Gasteiger partial charge in [-0.3, -0.25) is 10.1 Å². The molecule has 3 atom stereocenters. The van der Waals surface area contributed by atoms with Crippen LogP contribution >= 0.6 is 0 Å². The largest absolute Gasteiger partial charge is 0.480 e. The number of sulfone groups is 1. The van der Waals surface area contributed by atoms with Crippen molar-refractivity contribution in [1.82, 2.24) is 5.32 Å². The second kappa shape index (κ2) is 4.01. The third-order valence-corrected chi connectivity index (χ3v) is 5.93. The summed E-state index contributed by atoms with van der Waals surface area (Å²) in [6, 6.07) is 2.44. The van der Waals surface area contributed by atoms with Crippen molar-refractivity contribution < 1.29 is 22.7 Å². The van der Waals surface area contributed by atoms with Gasteiger partial charge in [-0.05, 0) is 29.7 Å². The number of nitrogens with one attached hydrogen (secondary N) is 1. The topological polar surface area (TPSA) is 83.5 Å². The lowest BCUT2D eigenvalue weighted by atomic mass is 10.1. The van der Waals surface area contributed by atoms with Gasteiger partial charge in [-0.1, -0.05) is 6.07 Å². The summed E-state index contributed by atoms with van der Waals surface area (Å²) in [5, 5.41) is 11.1. The average Bonchev–Trinajstić information content (AvgIpc) is 2.67. The van der Waals surface area contributed by atoms with Crippen LogP contribution in [0.25, 0.3) is 0 Å². The normalized spacial score (nSPS) is 31.5. The number of rotatable bonds is 1. The first-order valence-corrected chi connectivity index (χ1v) is 7.59. The molecule has 5 nitrogen and oxygen atoms in total. The van der Waals surface area contributed by atoms with E-state index in [1.165, 1.54) is 18.2 Å². The molecule has 0 aromatic heterocycles. The Morgan fingerprint density at radius 1 is 1.42 bits per heavy atom. The van der Waals surface area contributed by atoms with Gasteiger partial charge in [0.1, 0.15) is 11.9 Å². The fourth-order valence-corrected chi connectivity index (χ4v) is 4.91. The zero-order valence-corrected chi connectivity index (χ0v) is 10.7. The highest BCUT2D eigenvalue weighted by molar-refractivity contribution is 7.92. The van der Waals surface area contributed by atoms with Crippen LogP contribution in [-0.4, -0.2) is 36.5 Å². The maximum absolute atomic E-state index is 13.2. The second-order valence-electron chi connectivity index (χ2n) is 4.95. The molecule has 1 aliphatic carbocycles. The highest BCUT2D eigenvalue weighted by Crippen LogP contribution is 2.39. The monoisotopic (exact) mass is 285 g/mol. The number of halogens is 1. The van der Waals surface area contributed by atoms with Crippen LogP contribution in [0.2, 0.25) is 0 Å². The molecule has 0 saturated carbocycles. The molecular formula is C12H12FNO4S. The Kier molecular flexibility index (Phi) is 2.65. The van der Waals surface area contributed by atoms with Crippen molar-refractivity contribution in [1.29, 1.82) is 0 Å². The van der Waals surface area contributed by atoms with Crippen LogP contribution in [0.1, 0.15) is 17.2 Å². The van der Waals surface area contributed by atoms with E-state index in [0.717, 1.165) is 0 Å². The number of benzene rings is 1. The molecule has 2 aliphatic rings. The Morgan fingerprint density at radius 3 is 2.84 bits per heavy atom. The van der Waals surface area contributed by atoms with E-state index in [-0.39, 0.29) is 6.42 Å². The quantitative estimate of drug-likeness (QED) is 0.773. The molecule has 1 aliphatic heterocycles. The molecule has 19 heavy (non-hydrogen) atoms. The summed E-state index contributed by atoms with van der Waals surface area (Å²) in [5.74, 6) is -2.01. The van der Waals surface area contributed by atoms with E-state index in [4.69, 9.17) is 5.11 Å². The third kappa shape index (κ3) is 1.93. The molecule has 2 N–H and O–H groups in total. The predicted molar refractivity (Wildman–Crippen MR) is 65.0 cm³/mol. The summed E-state index contributed by atoms with van der Waals surface area (Å²) in [6.45, 7) is 0. The van der Waals surface area contributed by atoms with Gasteiger partial charge < -0.3 is 5.11 Å². The smallest absolute Gasteiger partial charge is 0.321 e. The lowest BCUT2D eigenvalue weighted by Crippen LogP contribution is -2.54. The van der Waals surface area contributed by atoms with Gasteiger partial charge in [0.05, 0.1) is 17.0 Å². The van der Waals surface area contributed by atoms with Crippen molar-refractivity contribution >= 4 is 15.8 Å². The molecule has 7 heteroatoms. The van der Waals surface area contributed by atoms with Gasteiger partial charge in [0.25, 0.3) is 0 Å². The zero-order valence-electron chi connectivity index (χ0n) is 9.84. The van der Waals surface area contributed by atoms with Crippen LogP contribution in [0.15, 0.2) is 18.2 Å². The lowest BCUT2D eigenvalue weighted by molar-refractivity contribution is -0.139. The van der Waals surface area contributed by atoms with Crippen LogP contribution in [0.5, 0.6) is 0 Å². The van der Waals surface area contributed by atoms with Gasteiger partial charge in [-0.15, -0.1) is 0 Å². The molecule has 1 fully saturated rings. The highest BCUT2D eigenvalue weighted by Gasteiger charge is 2.48. The molecule has 1 saturated heterocycles. The maximum atomic E-state index is 13.2. The number of hydrogen-bond acceptors (Lipinski definition) is 4. The molecule has 0 bridgehead atoms. The summed E-state index contributed by atoms with van der Waals surface area (Å²) in [5.41, 5.74) is 1.32. The minimum atomic E-state index is -3.50. The Labute approximate surface area is 109 Å². The van der Waals surface area contributed by atoms with Gasteiger partial charge in [0, 0.05) is 0 Å². The van der Waals surface area contributed by atoms with Crippen LogP contribution in [0.4, 0.5) is 4.39 Å². The SMILES string of the molecule is O=C(O)C1CS(=O)(=O)C2Cc3cc(F)ccc3C2N1. The van der Waals surface area contributed by atoms with E-state index < -0.39 is 44.7 Å². The van der Waals surface area contributed by atoms with Crippen LogP contribution in [0, 0.1) is 5.82 Å². The van der Waals surface area contributed by atoms with E-state index in [9.17, 15) is 17.6 Å². The first-order chi connectivity index (χ1) is 8.88. The fourth-order valence-electron chi connectivity index (χ4n) is 2.88. The van der Waals surface area contributed by atoms with Crippen molar-refractivity contribution in [2.75, 3.05) is 5.75 Å². The van der Waals surface area contributed by atoms with E-state index in [1.807, 2.05) is 0 Å². The number of hydrogen-bond donors (Lipinski definition) is 2. The molecular weight excluding hydrogens is 273 g/mol. The molecule has 0 spiro atoms. The van der Waals surface area contributed by atoms with Gasteiger partial charge >= 0.3 is 5.97 Å². The summed E-state index contributed by atoms with van der Waals surface area (Å²) in [7, 11) is -3.50. The Morgan fingerprint density at radius 2 is 2.16 bits per heavy atom. The van der Waals surface area contributed by atoms with E-state index in [0.29, 0.717) is 11.1 Å². The number of fused-ring (bicyclic) bond motifs is 3. The Balaban J connectivity index is 2.05. The minimum absolute atomic E-state index is 0.236. The summed E-state index contributed by atoms with van der Waals surface area (Å²) in [6.07, 6.45) is 0.236.